The number of hydrogen-bond acceptors (Lipinski definition) is 8. The predicted octanol–water partition coefficient (Wildman–Crippen LogP) is 5.76. The molecule has 0 saturated carbocycles. The molecule has 0 aliphatic heterocycles. The van der Waals surface area contributed by atoms with Crippen molar-refractivity contribution in [3.05, 3.63) is 96.7 Å². The lowest BCUT2D eigenvalue weighted by atomic mass is 10.2. The molecule has 0 aliphatic rings. The summed E-state index contributed by atoms with van der Waals surface area (Å²) in [5.41, 5.74) is -0.278. The Labute approximate surface area is 228 Å². The minimum Gasteiger partial charge on any atom is -0.479 e. The SMILES string of the molecule is C[C@@H](Oc1c(C=Nn2c(-c3cc4cc(Cl)ccc4o3)nc3ccccc3c2=O)cc(Cl)cc1[N+](=O)[O-])C(=O)O. The second-order valence-corrected chi connectivity index (χ2v) is 9.18. The minimum atomic E-state index is -1.43. The van der Waals surface area contributed by atoms with E-state index >= 15 is 0 Å². The van der Waals surface area contributed by atoms with E-state index in [1.807, 2.05) is 0 Å². The van der Waals surface area contributed by atoms with E-state index in [0.29, 0.717) is 21.5 Å². The number of aliphatic carboxylic acids is 1. The third kappa shape index (κ3) is 5.05. The molecule has 5 rings (SSSR count). The third-order valence-corrected chi connectivity index (χ3v) is 6.12. The van der Waals surface area contributed by atoms with E-state index in [-0.39, 0.29) is 33.3 Å². The molecule has 0 amide bonds. The van der Waals surface area contributed by atoms with Crippen LogP contribution in [0.15, 0.2) is 75.0 Å². The number of nitro groups is 1. The highest BCUT2D eigenvalue weighted by molar-refractivity contribution is 6.31. The molecule has 3 aromatic carbocycles. The van der Waals surface area contributed by atoms with Crippen LogP contribution < -0.4 is 10.3 Å². The van der Waals surface area contributed by atoms with Gasteiger partial charge in [0.25, 0.3) is 5.56 Å². The van der Waals surface area contributed by atoms with Gasteiger partial charge in [-0.25, -0.2) is 9.78 Å². The highest BCUT2D eigenvalue weighted by atomic mass is 35.5. The number of nitro benzene ring substituents is 1. The van der Waals surface area contributed by atoms with Crippen LogP contribution in [0.3, 0.4) is 0 Å². The lowest BCUT2D eigenvalue weighted by Crippen LogP contribution is -2.24. The van der Waals surface area contributed by atoms with E-state index in [2.05, 4.69) is 10.1 Å². The zero-order valence-electron chi connectivity index (χ0n) is 19.9. The van der Waals surface area contributed by atoms with Crippen LogP contribution in [0.2, 0.25) is 10.0 Å². The Bertz CT molecular complexity index is 1880. The highest BCUT2D eigenvalue weighted by Gasteiger charge is 2.25. The number of ether oxygens (including phenoxy) is 1. The minimum absolute atomic E-state index is 0.0307. The average molecular weight is 567 g/mol. The molecule has 2 heterocycles. The number of carbonyl (C=O) groups is 1. The Morgan fingerprint density at radius 2 is 1.95 bits per heavy atom. The fourth-order valence-electron chi connectivity index (χ4n) is 3.82. The number of rotatable bonds is 7. The van der Waals surface area contributed by atoms with Gasteiger partial charge in [-0.1, -0.05) is 35.3 Å². The third-order valence-electron chi connectivity index (χ3n) is 5.67. The van der Waals surface area contributed by atoms with Crippen molar-refractivity contribution in [3.63, 3.8) is 0 Å². The first-order valence-corrected chi connectivity index (χ1v) is 12.0. The highest BCUT2D eigenvalue weighted by Crippen LogP contribution is 2.35. The summed E-state index contributed by atoms with van der Waals surface area (Å²) in [6.45, 7) is 1.21. The van der Waals surface area contributed by atoms with Crippen molar-refractivity contribution in [3.8, 4) is 17.3 Å². The van der Waals surface area contributed by atoms with Gasteiger partial charge in [-0.15, -0.1) is 0 Å². The maximum absolute atomic E-state index is 13.5. The number of nitrogens with zero attached hydrogens (tertiary/aromatic N) is 4. The molecule has 0 bridgehead atoms. The number of furan rings is 1. The topological polar surface area (TPSA) is 150 Å². The maximum atomic E-state index is 13.5. The summed E-state index contributed by atoms with van der Waals surface area (Å²) in [6.07, 6.45) is -0.330. The van der Waals surface area contributed by atoms with Crippen LogP contribution in [-0.4, -0.2) is 38.0 Å². The first-order chi connectivity index (χ1) is 18.6. The van der Waals surface area contributed by atoms with Crippen LogP contribution in [0, 0.1) is 10.1 Å². The molecule has 11 nitrogen and oxygen atoms in total. The van der Waals surface area contributed by atoms with Crippen LogP contribution in [-0.2, 0) is 4.79 Å². The number of carboxylic acids is 1. The van der Waals surface area contributed by atoms with Gasteiger partial charge in [0.1, 0.15) is 5.58 Å². The van der Waals surface area contributed by atoms with E-state index < -0.39 is 28.2 Å². The van der Waals surface area contributed by atoms with Gasteiger partial charge in [-0.05, 0) is 49.4 Å². The van der Waals surface area contributed by atoms with Crippen LogP contribution in [0.25, 0.3) is 33.5 Å². The van der Waals surface area contributed by atoms with Crippen molar-refractivity contribution >= 4 is 62.9 Å². The molecule has 0 unspecified atom stereocenters. The standard InChI is InChI=1S/C26H16Cl2N4O7/c1-13(26(34)35)38-23-15(9-17(28)11-20(23)32(36)37)12-29-31-24(30-19-5-3-2-4-18(19)25(31)33)22-10-14-8-16(27)6-7-21(14)39-22/h2-13H,1H3,(H,34,35)/t13-/m1/s1. The summed E-state index contributed by atoms with van der Waals surface area (Å²) in [6, 6.07) is 15.6. The Morgan fingerprint density at radius 1 is 1.18 bits per heavy atom. The molecule has 2 aromatic heterocycles. The van der Waals surface area contributed by atoms with Gasteiger partial charge in [0.15, 0.2) is 11.9 Å². The van der Waals surface area contributed by atoms with E-state index in [1.165, 1.54) is 13.0 Å². The molecule has 1 atom stereocenters. The average Bonchev–Trinajstić information content (AvgIpc) is 3.32. The fourth-order valence-corrected chi connectivity index (χ4v) is 4.22. The summed E-state index contributed by atoms with van der Waals surface area (Å²) in [4.78, 5) is 40.4. The largest absolute Gasteiger partial charge is 0.479 e. The predicted molar refractivity (Wildman–Crippen MR) is 145 cm³/mol. The van der Waals surface area contributed by atoms with Crippen molar-refractivity contribution in [1.29, 1.82) is 0 Å². The Hall–Kier alpha value is -4.74. The Balaban J connectivity index is 1.73. The molecule has 39 heavy (non-hydrogen) atoms. The van der Waals surface area contributed by atoms with Crippen molar-refractivity contribution in [2.45, 2.75) is 13.0 Å². The van der Waals surface area contributed by atoms with Crippen LogP contribution in [0.1, 0.15) is 12.5 Å². The van der Waals surface area contributed by atoms with E-state index in [9.17, 15) is 24.8 Å². The first kappa shape index (κ1) is 25.9. The molecule has 0 saturated heterocycles. The molecular weight excluding hydrogens is 551 g/mol. The normalized spacial score (nSPS) is 12.3. The Morgan fingerprint density at radius 3 is 2.69 bits per heavy atom. The summed E-state index contributed by atoms with van der Waals surface area (Å²) in [7, 11) is 0. The van der Waals surface area contributed by atoms with E-state index in [4.69, 9.17) is 32.4 Å². The fraction of sp³-hybridized carbons (Fsp3) is 0.0769. The molecule has 1 N–H and O–H groups in total. The molecule has 0 aliphatic carbocycles. The van der Waals surface area contributed by atoms with Gasteiger partial charge in [-0.3, -0.25) is 14.9 Å². The summed E-state index contributed by atoms with van der Waals surface area (Å²) >= 11 is 12.2. The van der Waals surface area contributed by atoms with Crippen molar-refractivity contribution in [2.24, 2.45) is 5.10 Å². The molecule has 13 heteroatoms. The lowest BCUT2D eigenvalue weighted by molar-refractivity contribution is -0.386. The number of carboxylic acid groups (broad SMARTS) is 1. The zero-order chi connectivity index (χ0) is 27.8. The first-order valence-electron chi connectivity index (χ1n) is 11.3. The summed E-state index contributed by atoms with van der Waals surface area (Å²) in [5, 5.41) is 26.6. The van der Waals surface area contributed by atoms with Crippen LogP contribution in [0.4, 0.5) is 5.69 Å². The molecular formula is C26H16Cl2N4O7. The monoisotopic (exact) mass is 566 g/mol. The second kappa shape index (κ2) is 10.2. The number of hydrogen-bond donors (Lipinski definition) is 1. The molecule has 0 spiro atoms. The molecule has 196 valence electrons. The number of para-hydroxylation sites is 1. The quantitative estimate of drug-likeness (QED) is 0.148. The Kier molecular flexibility index (Phi) is 6.77. The zero-order valence-corrected chi connectivity index (χ0v) is 21.4. The van der Waals surface area contributed by atoms with Crippen LogP contribution in [0.5, 0.6) is 5.75 Å². The van der Waals surface area contributed by atoms with Crippen molar-refractivity contribution < 1.29 is 24.0 Å². The smallest absolute Gasteiger partial charge is 0.344 e. The molecule has 0 radical (unpaired) electrons. The van der Waals surface area contributed by atoms with E-state index in [0.717, 1.165) is 17.0 Å². The van der Waals surface area contributed by atoms with Crippen molar-refractivity contribution in [2.75, 3.05) is 0 Å². The maximum Gasteiger partial charge on any atom is 0.344 e. The van der Waals surface area contributed by atoms with Gasteiger partial charge in [0, 0.05) is 27.1 Å². The van der Waals surface area contributed by atoms with Crippen molar-refractivity contribution in [1.82, 2.24) is 9.66 Å². The number of halogens is 2. The van der Waals surface area contributed by atoms with Gasteiger partial charge < -0.3 is 14.3 Å². The lowest BCUT2D eigenvalue weighted by Gasteiger charge is -2.13. The van der Waals surface area contributed by atoms with Gasteiger partial charge >= 0.3 is 11.7 Å². The van der Waals surface area contributed by atoms with E-state index in [1.54, 1.807) is 48.5 Å². The summed E-state index contributed by atoms with van der Waals surface area (Å²) < 4.78 is 12.3. The van der Waals surface area contributed by atoms with Gasteiger partial charge in [0.2, 0.25) is 11.6 Å². The number of aromatic nitrogens is 2. The molecule has 0 fully saturated rings. The number of fused-ring (bicyclic) bond motifs is 2. The second-order valence-electron chi connectivity index (χ2n) is 8.31. The summed E-state index contributed by atoms with van der Waals surface area (Å²) in [5.74, 6) is -1.48. The van der Waals surface area contributed by atoms with Crippen LogP contribution >= 0.6 is 23.2 Å². The number of benzene rings is 3. The van der Waals surface area contributed by atoms with Gasteiger partial charge in [-0.2, -0.15) is 9.78 Å². The van der Waals surface area contributed by atoms with Gasteiger partial charge in [0.05, 0.1) is 22.0 Å². The molecule has 5 aromatic rings.